The number of nitrogens with one attached hydrogen (secondary N) is 1. The molecule has 0 saturated heterocycles. The molecule has 0 aromatic carbocycles. The average Bonchev–Trinajstić information content (AvgIpc) is 1.95. The molecular weight excluding hydrogens is 150 g/mol. The average molecular weight is 167 g/mol. The van der Waals surface area contributed by atoms with Gasteiger partial charge in [-0.05, 0) is 27.7 Å². The molecule has 2 heteroatoms. The minimum atomic E-state index is 0.00923. The molecule has 0 aliphatic carbocycles. The first-order chi connectivity index (χ1) is 5.45. The molecule has 0 bridgehead atoms. The van der Waals surface area contributed by atoms with Crippen LogP contribution >= 0.6 is 0 Å². The summed E-state index contributed by atoms with van der Waals surface area (Å²) >= 11 is 0. The Hall–Kier alpha value is -0.810. The molecule has 0 radical (unpaired) electrons. The predicted octanol–water partition coefficient (Wildman–Crippen LogP) is 1.36. The number of hydrogen-bond donors (Lipinski definition) is 1. The van der Waals surface area contributed by atoms with Gasteiger partial charge in [-0.15, -0.1) is 5.92 Å². The quantitative estimate of drug-likeness (QED) is 0.643. The van der Waals surface area contributed by atoms with Crippen molar-refractivity contribution in [3.8, 4) is 11.8 Å². The number of hydrogen-bond acceptors (Lipinski definition) is 2. The lowest BCUT2D eigenvalue weighted by Crippen LogP contribution is -2.39. The highest BCUT2D eigenvalue weighted by atomic mass is 16.1. The Morgan fingerprint density at radius 1 is 1.42 bits per heavy atom. The Morgan fingerprint density at radius 2 is 2.00 bits per heavy atom. The second kappa shape index (κ2) is 4.95. The molecule has 0 rings (SSSR count). The van der Waals surface area contributed by atoms with Crippen LogP contribution < -0.4 is 5.32 Å². The van der Waals surface area contributed by atoms with Crippen LogP contribution in [0, 0.1) is 11.8 Å². The van der Waals surface area contributed by atoms with Crippen LogP contribution in [0.25, 0.3) is 0 Å². The molecule has 0 unspecified atom stereocenters. The molecule has 0 atom stereocenters. The topological polar surface area (TPSA) is 29.1 Å². The van der Waals surface area contributed by atoms with E-state index in [1.807, 2.05) is 20.8 Å². The molecule has 0 saturated carbocycles. The van der Waals surface area contributed by atoms with Crippen LogP contribution in [0.5, 0.6) is 0 Å². The van der Waals surface area contributed by atoms with Crippen LogP contribution in [-0.4, -0.2) is 17.9 Å². The van der Waals surface area contributed by atoms with E-state index in [0.29, 0.717) is 13.0 Å². The van der Waals surface area contributed by atoms with Crippen molar-refractivity contribution in [2.75, 3.05) is 6.54 Å². The zero-order valence-corrected chi connectivity index (χ0v) is 8.32. The summed E-state index contributed by atoms with van der Waals surface area (Å²) in [5, 5.41) is 3.11. The van der Waals surface area contributed by atoms with Crippen LogP contribution in [-0.2, 0) is 4.79 Å². The fraction of sp³-hybridized carbons (Fsp3) is 0.700. The van der Waals surface area contributed by atoms with Crippen LogP contribution in [0.4, 0.5) is 0 Å². The van der Waals surface area contributed by atoms with Crippen LogP contribution in [0.2, 0.25) is 0 Å². The first-order valence-corrected chi connectivity index (χ1v) is 4.12. The van der Waals surface area contributed by atoms with Crippen LogP contribution in [0.1, 0.15) is 34.1 Å². The Kier molecular flexibility index (Phi) is 4.61. The molecule has 0 spiro atoms. The zero-order chi connectivity index (χ0) is 9.61. The maximum Gasteiger partial charge on any atom is 0.158 e. The minimum absolute atomic E-state index is 0.00923. The molecule has 0 aliphatic heterocycles. The molecule has 0 aromatic rings. The summed E-state index contributed by atoms with van der Waals surface area (Å²) in [5.74, 6) is 5.59. The fourth-order valence-corrected chi connectivity index (χ4v) is 0.613. The first kappa shape index (κ1) is 11.2. The van der Waals surface area contributed by atoms with Gasteiger partial charge in [0.2, 0.25) is 0 Å². The summed E-state index contributed by atoms with van der Waals surface area (Å²) in [6.07, 6.45) is 0.361. The lowest BCUT2D eigenvalue weighted by Gasteiger charge is -2.19. The second-order valence-electron chi connectivity index (χ2n) is 3.75. The van der Waals surface area contributed by atoms with Crippen molar-refractivity contribution in [3.63, 3.8) is 0 Å². The number of carbonyl (C=O) groups excluding carboxylic acids is 1. The number of ketones is 1. The molecule has 0 aliphatic rings. The SMILES string of the molecule is CC#CCC(=O)CNC(C)(C)C. The van der Waals surface area contributed by atoms with Gasteiger partial charge >= 0.3 is 0 Å². The highest BCUT2D eigenvalue weighted by Gasteiger charge is 2.10. The minimum Gasteiger partial charge on any atom is -0.305 e. The third-order valence-electron chi connectivity index (χ3n) is 1.28. The molecule has 1 N–H and O–H groups in total. The van der Waals surface area contributed by atoms with Crippen molar-refractivity contribution < 1.29 is 4.79 Å². The third kappa shape index (κ3) is 7.30. The molecule has 0 heterocycles. The third-order valence-corrected chi connectivity index (χ3v) is 1.28. The largest absolute Gasteiger partial charge is 0.305 e. The van der Waals surface area contributed by atoms with Crippen molar-refractivity contribution >= 4 is 5.78 Å². The summed E-state index contributed by atoms with van der Waals surface area (Å²) in [5.41, 5.74) is 0.00923. The highest BCUT2D eigenvalue weighted by molar-refractivity contribution is 5.82. The van der Waals surface area contributed by atoms with Gasteiger partial charge in [-0.25, -0.2) is 0 Å². The normalized spacial score (nSPS) is 10.3. The Balaban J connectivity index is 3.63. The van der Waals surface area contributed by atoms with Crippen molar-refractivity contribution in [1.29, 1.82) is 0 Å². The van der Waals surface area contributed by atoms with E-state index in [9.17, 15) is 4.79 Å². The number of rotatable bonds is 3. The molecule has 0 amide bonds. The maximum absolute atomic E-state index is 11.1. The monoisotopic (exact) mass is 167 g/mol. The van der Waals surface area contributed by atoms with E-state index >= 15 is 0 Å². The maximum atomic E-state index is 11.1. The first-order valence-electron chi connectivity index (χ1n) is 4.12. The smallest absolute Gasteiger partial charge is 0.158 e. The van der Waals surface area contributed by atoms with Gasteiger partial charge in [0.15, 0.2) is 5.78 Å². The van der Waals surface area contributed by atoms with Crippen LogP contribution in [0.15, 0.2) is 0 Å². The van der Waals surface area contributed by atoms with Crippen molar-refractivity contribution in [1.82, 2.24) is 5.32 Å². The Morgan fingerprint density at radius 3 is 2.42 bits per heavy atom. The lowest BCUT2D eigenvalue weighted by atomic mass is 10.1. The van der Waals surface area contributed by atoms with Crippen molar-refractivity contribution in [2.45, 2.75) is 39.7 Å². The fourth-order valence-electron chi connectivity index (χ4n) is 0.613. The summed E-state index contributed by atoms with van der Waals surface area (Å²) in [4.78, 5) is 11.1. The zero-order valence-electron chi connectivity index (χ0n) is 8.32. The van der Waals surface area contributed by atoms with E-state index in [1.165, 1.54) is 0 Å². The van der Waals surface area contributed by atoms with E-state index < -0.39 is 0 Å². The molecule has 0 fully saturated rings. The van der Waals surface area contributed by atoms with E-state index in [0.717, 1.165) is 0 Å². The van der Waals surface area contributed by atoms with Gasteiger partial charge in [0.1, 0.15) is 0 Å². The molecule has 12 heavy (non-hydrogen) atoms. The molecular formula is C10H17NO. The lowest BCUT2D eigenvalue weighted by molar-refractivity contribution is -0.117. The standard InChI is InChI=1S/C10H17NO/c1-5-6-7-9(12)8-11-10(2,3)4/h11H,7-8H2,1-4H3. The van der Waals surface area contributed by atoms with Gasteiger partial charge in [0.25, 0.3) is 0 Å². The van der Waals surface area contributed by atoms with Gasteiger partial charge in [0.05, 0.1) is 13.0 Å². The summed E-state index contributed by atoms with van der Waals surface area (Å²) in [6, 6.07) is 0. The van der Waals surface area contributed by atoms with Gasteiger partial charge in [-0.1, -0.05) is 5.92 Å². The van der Waals surface area contributed by atoms with Gasteiger partial charge in [0, 0.05) is 5.54 Å². The summed E-state index contributed by atoms with van der Waals surface area (Å²) in [6.45, 7) is 8.26. The van der Waals surface area contributed by atoms with Gasteiger partial charge in [-0.2, -0.15) is 0 Å². The highest BCUT2D eigenvalue weighted by Crippen LogP contribution is 1.97. The Labute approximate surface area is 74.7 Å². The molecule has 0 aromatic heterocycles. The van der Waals surface area contributed by atoms with Gasteiger partial charge in [-0.3, -0.25) is 4.79 Å². The predicted molar refractivity (Wildman–Crippen MR) is 50.8 cm³/mol. The molecule has 68 valence electrons. The summed E-state index contributed by atoms with van der Waals surface area (Å²) in [7, 11) is 0. The van der Waals surface area contributed by atoms with E-state index in [1.54, 1.807) is 6.92 Å². The molecule has 2 nitrogen and oxygen atoms in total. The van der Waals surface area contributed by atoms with E-state index in [-0.39, 0.29) is 11.3 Å². The van der Waals surface area contributed by atoms with Crippen molar-refractivity contribution in [3.05, 3.63) is 0 Å². The van der Waals surface area contributed by atoms with Crippen LogP contribution in [0.3, 0.4) is 0 Å². The van der Waals surface area contributed by atoms with Gasteiger partial charge < -0.3 is 5.32 Å². The van der Waals surface area contributed by atoms with E-state index in [2.05, 4.69) is 17.2 Å². The number of carbonyl (C=O) groups is 1. The number of Topliss-reactive ketones (excluding diaryl/α,β-unsaturated/α-hetero) is 1. The second-order valence-corrected chi connectivity index (χ2v) is 3.75. The van der Waals surface area contributed by atoms with Crippen molar-refractivity contribution in [2.24, 2.45) is 0 Å². The Bertz CT molecular complexity index is 202. The van der Waals surface area contributed by atoms with E-state index in [4.69, 9.17) is 0 Å². The summed E-state index contributed by atoms with van der Waals surface area (Å²) < 4.78 is 0.